The molecule has 1 aliphatic rings. The fourth-order valence-electron chi connectivity index (χ4n) is 1.09. The van der Waals surface area contributed by atoms with Gasteiger partial charge in [-0.3, -0.25) is 10.3 Å². The molecule has 2 atom stereocenters. The van der Waals surface area contributed by atoms with Gasteiger partial charge in [-0.2, -0.15) is 0 Å². The van der Waals surface area contributed by atoms with Crippen LogP contribution in [0.4, 0.5) is 0 Å². The van der Waals surface area contributed by atoms with E-state index in [9.17, 15) is 0 Å². The Balaban J connectivity index is 2.45. The second-order valence-electron chi connectivity index (χ2n) is 2.91. The maximum absolute atomic E-state index is 5.19. The lowest BCUT2D eigenvalue weighted by atomic mass is 10.2. The molecule has 0 aromatic heterocycles. The number of hydrogen-bond acceptors (Lipinski definition) is 4. The Morgan fingerprint density at radius 1 is 1.73 bits per heavy atom. The average Bonchev–Trinajstić information content (AvgIpc) is 2.28. The second-order valence-corrected chi connectivity index (χ2v) is 3.36. The van der Waals surface area contributed by atoms with E-state index in [2.05, 4.69) is 24.2 Å². The fourth-order valence-corrected chi connectivity index (χ4v) is 1.52. The summed E-state index contributed by atoms with van der Waals surface area (Å²) in [5, 5.41) is 1.91. The Morgan fingerprint density at radius 2 is 2.36 bits per heavy atom. The molecule has 2 unspecified atom stereocenters. The Bertz CT molecular complexity index is 127. The normalized spacial score (nSPS) is 31.1. The molecule has 1 aliphatic heterocycles. The highest BCUT2D eigenvalue weighted by molar-refractivity contribution is 7.59. The van der Waals surface area contributed by atoms with E-state index in [1.165, 1.54) is 0 Å². The maximum Gasteiger partial charge on any atom is 0.106 e. The average molecular weight is 173 g/mol. The van der Waals surface area contributed by atoms with E-state index in [1.54, 1.807) is 0 Å². The van der Waals surface area contributed by atoms with E-state index in [1.807, 2.05) is 18.7 Å². The van der Waals surface area contributed by atoms with Gasteiger partial charge in [0.15, 0.2) is 0 Å². The van der Waals surface area contributed by atoms with Crippen LogP contribution in [0.25, 0.3) is 0 Å². The van der Waals surface area contributed by atoms with Crippen molar-refractivity contribution in [1.29, 1.82) is 0 Å². The van der Waals surface area contributed by atoms with E-state index in [-0.39, 0.29) is 5.50 Å². The molecule has 0 amide bonds. The zero-order valence-electron chi connectivity index (χ0n) is 7.24. The fraction of sp³-hybridized carbons (Fsp3) is 0.857. The molecule has 11 heavy (non-hydrogen) atoms. The molecule has 1 heterocycles. The number of nitrogens with one attached hydrogen (secondary N) is 1. The second kappa shape index (κ2) is 3.76. The SMILES string of the molecule is CCC(C)N1[CH]N(C)NC1[S-]. The summed E-state index contributed by atoms with van der Waals surface area (Å²) < 4.78 is 0. The van der Waals surface area contributed by atoms with Gasteiger partial charge in [-0.1, -0.05) is 6.92 Å². The molecule has 1 rings (SSSR count). The minimum Gasteiger partial charge on any atom is -0.757 e. The first kappa shape index (κ1) is 9.32. The van der Waals surface area contributed by atoms with Crippen molar-refractivity contribution >= 4 is 12.6 Å². The first-order valence-corrected chi connectivity index (χ1v) is 4.39. The van der Waals surface area contributed by atoms with Crippen molar-refractivity contribution in [2.45, 2.75) is 31.8 Å². The highest BCUT2D eigenvalue weighted by Crippen LogP contribution is 2.14. The van der Waals surface area contributed by atoms with Gasteiger partial charge < -0.3 is 12.6 Å². The van der Waals surface area contributed by atoms with Crippen LogP contribution in [0.3, 0.4) is 0 Å². The molecule has 0 aromatic rings. The summed E-state index contributed by atoms with van der Waals surface area (Å²) in [5.74, 6) is 0. The first-order chi connectivity index (χ1) is 5.15. The third-order valence-corrected chi connectivity index (χ3v) is 2.34. The molecule has 1 fully saturated rings. The predicted octanol–water partition coefficient (Wildman–Crippen LogP) is 0.487. The van der Waals surface area contributed by atoms with Crippen molar-refractivity contribution in [3.63, 3.8) is 0 Å². The van der Waals surface area contributed by atoms with Crippen LogP contribution in [-0.4, -0.2) is 28.5 Å². The topological polar surface area (TPSA) is 18.5 Å². The maximum atomic E-state index is 5.19. The van der Waals surface area contributed by atoms with E-state index in [4.69, 9.17) is 12.6 Å². The zero-order valence-corrected chi connectivity index (χ0v) is 8.06. The van der Waals surface area contributed by atoms with Crippen molar-refractivity contribution in [1.82, 2.24) is 15.3 Å². The number of hydrazine groups is 1. The van der Waals surface area contributed by atoms with Crippen LogP contribution >= 0.6 is 0 Å². The minimum absolute atomic E-state index is 0.0231. The van der Waals surface area contributed by atoms with Crippen LogP contribution in [-0.2, 0) is 12.6 Å². The minimum atomic E-state index is 0.0231. The molecule has 1 N–H and O–H groups in total. The van der Waals surface area contributed by atoms with Crippen molar-refractivity contribution in [2.24, 2.45) is 0 Å². The van der Waals surface area contributed by atoms with Crippen molar-refractivity contribution in [2.75, 3.05) is 7.05 Å². The smallest absolute Gasteiger partial charge is 0.106 e. The van der Waals surface area contributed by atoms with Gasteiger partial charge in [-0.25, -0.2) is 5.01 Å². The van der Waals surface area contributed by atoms with Gasteiger partial charge >= 0.3 is 0 Å². The summed E-state index contributed by atoms with van der Waals surface area (Å²) in [6.45, 7) is 6.36. The molecule has 1 saturated heterocycles. The Hall–Kier alpha value is 0.230. The Labute approximate surface area is 74.1 Å². The highest BCUT2D eigenvalue weighted by Gasteiger charge is 2.22. The van der Waals surface area contributed by atoms with E-state index >= 15 is 0 Å². The van der Waals surface area contributed by atoms with Crippen LogP contribution in [0, 0.1) is 6.67 Å². The first-order valence-electron chi connectivity index (χ1n) is 3.92. The van der Waals surface area contributed by atoms with Crippen LogP contribution in [0.1, 0.15) is 20.3 Å². The lowest BCUT2D eigenvalue weighted by molar-refractivity contribution is 0.260. The summed E-state index contributed by atoms with van der Waals surface area (Å²) in [6.07, 6.45) is 1.12. The lowest BCUT2D eigenvalue weighted by Crippen LogP contribution is -2.38. The third kappa shape index (κ3) is 2.08. The van der Waals surface area contributed by atoms with E-state index in [0.717, 1.165) is 6.42 Å². The Kier molecular flexibility index (Phi) is 3.18. The summed E-state index contributed by atoms with van der Waals surface area (Å²) >= 11 is 5.19. The molecule has 0 aromatic carbocycles. The van der Waals surface area contributed by atoms with Crippen LogP contribution in [0.15, 0.2) is 0 Å². The number of nitrogens with zero attached hydrogens (tertiary/aromatic N) is 2. The molecule has 4 heteroatoms. The summed E-state index contributed by atoms with van der Waals surface area (Å²) in [6, 6.07) is 0.523. The molecule has 1 radical (unpaired) electrons. The van der Waals surface area contributed by atoms with Gasteiger partial charge in [-0.15, -0.1) is 0 Å². The van der Waals surface area contributed by atoms with Gasteiger partial charge in [0.05, 0.1) is 0 Å². The lowest BCUT2D eigenvalue weighted by Gasteiger charge is -2.32. The highest BCUT2D eigenvalue weighted by atomic mass is 32.1. The molecular weight excluding hydrogens is 158 g/mol. The summed E-state index contributed by atoms with van der Waals surface area (Å²) in [7, 11) is 1.96. The van der Waals surface area contributed by atoms with Crippen molar-refractivity contribution in [3.05, 3.63) is 6.67 Å². The largest absolute Gasteiger partial charge is 0.757 e. The predicted molar refractivity (Wildman–Crippen MR) is 47.9 cm³/mol. The number of hydrogen-bond donors (Lipinski definition) is 1. The molecule has 3 nitrogen and oxygen atoms in total. The van der Waals surface area contributed by atoms with Crippen LogP contribution in [0.2, 0.25) is 0 Å². The third-order valence-electron chi connectivity index (χ3n) is 1.99. The van der Waals surface area contributed by atoms with Gasteiger partial charge in [0.1, 0.15) is 6.67 Å². The monoisotopic (exact) mass is 173 g/mol. The van der Waals surface area contributed by atoms with Gasteiger partial charge in [0.25, 0.3) is 0 Å². The molecule has 0 bridgehead atoms. The van der Waals surface area contributed by atoms with E-state index in [0.29, 0.717) is 6.04 Å². The zero-order chi connectivity index (χ0) is 8.43. The van der Waals surface area contributed by atoms with Crippen molar-refractivity contribution < 1.29 is 0 Å². The number of rotatable bonds is 2. The molecular formula is C7H15N3S-. The quantitative estimate of drug-likeness (QED) is 0.612. The van der Waals surface area contributed by atoms with Gasteiger partial charge in [0.2, 0.25) is 0 Å². The molecule has 0 aliphatic carbocycles. The van der Waals surface area contributed by atoms with Crippen LogP contribution in [0.5, 0.6) is 0 Å². The molecule has 0 spiro atoms. The standard InChI is InChI=1S/C7H16N3S/c1-4-6(2)10-5-9(3)8-7(10)11/h5-8,11H,4H2,1-3H3/p-1. The molecule has 0 saturated carbocycles. The summed E-state index contributed by atoms with van der Waals surface area (Å²) in [4.78, 5) is 2.15. The van der Waals surface area contributed by atoms with Crippen molar-refractivity contribution in [3.8, 4) is 0 Å². The summed E-state index contributed by atoms with van der Waals surface area (Å²) in [5.41, 5.74) is 3.12. The molecule has 65 valence electrons. The van der Waals surface area contributed by atoms with E-state index < -0.39 is 0 Å². The Morgan fingerprint density at radius 3 is 2.73 bits per heavy atom. The van der Waals surface area contributed by atoms with Gasteiger partial charge in [-0.05, 0) is 18.8 Å². The van der Waals surface area contributed by atoms with Crippen LogP contribution < -0.4 is 5.43 Å². The van der Waals surface area contributed by atoms with Gasteiger partial charge in [0, 0.05) is 13.1 Å².